The average molecular weight is 383 g/mol. The van der Waals surface area contributed by atoms with Gasteiger partial charge in [-0.3, -0.25) is 0 Å². The minimum Gasteiger partial charge on any atom is -0.465 e. The van der Waals surface area contributed by atoms with Gasteiger partial charge in [-0.05, 0) is 55.3 Å². The lowest BCUT2D eigenvalue weighted by molar-refractivity contribution is 0.0591. The highest BCUT2D eigenvalue weighted by Gasteiger charge is 2.10. The molecule has 2 aromatic rings. The molecule has 28 heavy (non-hydrogen) atoms. The Kier molecular flexibility index (Phi) is 8.18. The van der Waals surface area contributed by atoms with Crippen molar-refractivity contribution in [3.8, 4) is 6.07 Å². The quantitative estimate of drug-likeness (QED) is 0.273. The zero-order valence-electron chi connectivity index (χ0n) is 16.0. The molecule has 0 radical (unpaired) electrons. The molecule has 0 fully saturated rings. The molecule has 2 rings (SSSR count). The topological polar surface area (TPSA) is 135 Å². The van der Waals surface area contributed by atoms with Crippen LogP contribution in [0.4, 0.5) is 0 Å². The van der Waals surface area contributed by atoms with Crippen LogP contribution in [0.2, 0.25) is 0 Å². The Balaban J connectivity index is 0.000000283. The molecular weight excluding hydrogens is 362 g/mol. The van der Waals surface area contributed by atoms with Gasteiger partial charge in [0, 0.05) is 5.56 Å². The highest BCUT2D eigenvalue weighted by atomic mass is 16.5. The number of aryl methyl sites for hydroxylation is 2. The van der Waals surface area contributed by atoms with Crippen LogP contribution in [0.15, 0.2) is 41.6 Å². The first-order valence-corrected chi connectivity index (χ1v) is 8.04. The molecule has 8 heteroatoms. The highest BCUT2D eigenvalue weighted by Crippen LogP contribution is 2.12. The van der Waals surface area contributed by atoms with E-state index >= 15 is 0 Å². The Bertz CT molecular complexity index is 945. The monoisotopic (exact) mass is 383 g/mol. The third-order valence-corrected chi connectivity index (χ3v) is 3.80. The summed E-state index contributed by atoms with van der Waals surface area (Å²) in [7, 11) is 2.65. The molecule has 8 nitrogen and oxygen atoms in total. The molecule has 0 amide bonds. The SMILES string of the molecule is COC(=O)c1ccc(/C(N)=N/O)cc1C.COC(=O)c1ccc(C#N)cc1C. The standard InChI is InChI=1S/C10H12N2O3.C10H9NO2/c1-6-5-7(9(11)12-14)3-4-8(6)10(13)15-2;1-7-5-8(6-11)3-4-9(7)10(12)13-2/h3-5,14H,1-2H3,(H2,11,12);3-5H,1-2H3. The van der Waals surface area contributed by atoms with E-state index in [1.165, 1.54) is 14.2 Å². The van der Waals surface area contributed by atoms with Crippen molar-refractivity contribution in [2.45, 2.75) is 13.8 Å². The number of rotatable bonds is 3. The number of amidine groups is 1. The summed E-state index contributed by atoms with van der Waals surface area (Å²) in [6.07, 6.45) is 0. The first kappa shape index (κ1) is 22.2. The fraction of sp³-hybridized carbons (Fsp3) is 0.200. The molecule has 0 unspecified atom stereocenters. The molecule has 0 bridgehead atoms. The van der Waals surface area contributed by atoms with E-state index < -0.39 is 5.97 Å². The van der Waals surface area contributed by atoms with Gasteiger partial charge in [0.1, 0.15) is 0 Å². The van der Waals surface area contributed by atoms with E-state index in [-0.39, 0.29) is 11.8 Å². The average Bonchev–Trinajstić information content (AvgIpc) is 2.72. The van der Waals surface area contributed by atoms with Gasteiger partial charge in [-0.2, -0.15) is 5.26 Å². The summed E-state index contributed by atoms with van der Waals surface area (Å²) in [5.74, 6) is -0.768. The Morgan fingerprint density at radius 3 is 1.89 bits per heavy atom. The number of carbonyl (C=O) groups is 2. The van der Waals surface area contributed by atoms with Crippen molar-refractivity contribution < 1.29 is 24.3 Å². The Morgan fingerprint density at radius 1 is 1.00 bits per heavy atom. The van der Waals surface area contributed by atoms with E-state index in [0.29, 0.717) is 27.8 Å². The summed E-state index contributed by atoms with van der Waals surface area (Å²) in [6, 6.07) is 11.7. The second kappa shape index (κ2) is 10.3. The van der Waals surface area contributed by atoms with E-state index in [1.807, 2.05) is 6.07 Å². The molecule has 0 heterocycles. The summed E-state index contributed by atoms with van der Waals surface area (Å²) >= 11 is 0. The van der Waals surface area contributed by atoms with Gasteiger partial charge < -0.3 is 20.4 Å². The summed E-state index contributed by atoms with van der Waals surface area (Å²) < 4.78 is 9.16. The number of benzene rings is 2. The second-order valence-corrected chi connectivity index (χ2v) is 5.64. The van der Waals surface area contributed by atoms with Crippen molar-refractivity contribution in [3.05, 3.63) is 69.8 Å². The van der Waals surface area contributed by atoms with Crippen molar-refractivity contribution in [1.29, 1.82) is 5.26 Å². The van der Waals surface area contributed by atoms with Gasteiger partial charge >= 0.3 is 11.9 Å². The summed E-state index contributed by atoms with van der Waals surface area (Å²) in [6.45, 7) is 3.52. The lowest BCUT2D eigenvalue weighted by Gasteiger charge is -2.05. The van der Waals surface area contributed by atoms with Gasteiger partial charge in [0.2, 0.25) is 0 Å². The number of oxime groups is 1. The molecular formula is C20H21N3O5. The van der Waals surface area contributed by atoms with Gasteiger partial charge in [-0.1, -0.05) is 11.2 Å². The first-order valence-electron chi connectivity index (χ1n) is 8.04. The fourth-order valence-electron chi connectivity index (χ4n) is 2.29. The normalized spacial score (nSPS) is 10.2. The lowest BCUT2D eigenvalue weighted by atomic mass is 10.0. The van der Waals surface area contributed by atoms with Gasteiger partial charge in [-0.25, -0.2) is 9.59 Å². The van der Waals surface area contributed by atoms with Crippen LogP contribution in [0.3, 0.4) is 0 Å². The van der Waals surface area contributed by atoms with E-state index in [0.717, 1.165) is 5.56 Å². The van der Waals surface area contributed by atoms with Crippen LogP contribution in [0.1, 0.15) is 43.0 Å². The second-order valence-electron chi connectivity index (χ2n) is 5.64. The summed E-state index contributed by atoms with van der Waals surface area (Å²) in [5.41, 5.74) is 8.95. The number of hydrogen-bond donors (Lipinski definition) is 2. The number of carbonyl (C=O) groups excluding carboxylic acids is 2. The smallest absolute Gasteiger partial charge is 0.338 e. The number of nitrogens with zero attached hydrogens (tertiary/aromatic N) is 2. The van der Waals surface area contributed by atoms with Crippen LogP contribution >= 0.6 is 0 Å². The number of esters is 2. The molecule has 0 aromatic heterocycles. The van der Waals surface area contributed by atoms with Crippen LogP contribution in [0.5, 0.6) is 0 Å². The van der Waals surface area contributed by atoms with Crippen LogP contribution < -0.4 is 5.73 Å². The number of hydrogen-bond acceptors (Lipinski definition) is 7. The van der Waals surface area contributed by atoms with E-state index in [1.54, 1.807) is 50.2 Å². The predicted octanol–water partition coefficient (Wildman–Crippen LogP) is 2.53. The Hall–Kier alpha value is -3.86. The predicted molar refractivity (Wildman–Crippen MR) is 102 cm³/mol. The summed E-state index contributed by atoms with van der Waals surface area (Å²) in [5, 5.41) is 19.9. The van der Waals surface area contributed by atoms with Crippen molar-refractivity contribution in [2.75, 3.05) is 14.2 Å². The number of nitrogens with two attached hydrogens (primary N) is 1. The van der Waals surface area contributed by atoms with E-state index in [9.17, 15) is 9.59 Å². The first-order chi connectivity index (χ1) is 13.3. The molecule has 146 valence electrons. The molecule has 0 aliphatic carbocycles. The maximum absolute atomic E-state index is 11.3. The van der Waals surface area contributed by atoms with Gasteiger partial charge in [-0.15, -0.1) is 0 Å². The molecule has 0 spiro atoms. The third-order valence-electron chi connectivity index (χ3n) is 3.80. The van der Waals surface area contributed by atoms with Crippen molar-refractivity contribution in [1.82, 2.24) is 0 Å². The van der Waals surface area contributed by atoms with Crippen LogP contribution in [-0.2, 0) is 9.47 Å². The maximum atomic E-state index is 11.3. The fourth-order valence-corrected chi connectivity index (χ4v) is 2.29. The van der Waals surface area contributed by atoms with E-state index in [4.69, 9.17) is 16.2 Å². The molecule has 2 aromatic carbocycles. The minimum absolute atomic E-state index is 0.00881. The minimum atomic E-state index is -0.404. The summed E-state index contributed by atoms with van der Waals surface area (Å²) in [4.78, 5) is 22.4. The molecule has 0 aliphatic rings. The van der Waals surface area contributed by atoms with Gasteiger partial charge in [0.15, 0.2) is 5.84 Å². The molecule has 3 N–H and O–H groups in total. The maximum Gasteiger partial charge on any atom is 0.338 e. The Morgan fingerprint density at radius 2 is 1.50 bits per heavy atom. The van der Waals surface area contributed by atoms with Crippen molar-refractivity contribution in [3.63, 3.8) is 0 Å². The van der Waals surface area contributed by atoms with Crippen LogP contribution in [0, 0.1) is 25.2 Å². The molecule has 0 saturated heterocycles. The number of methoxy groups -OCH3 is 2. The number of nitriles is 1. The third kappa shape index (κ3) is 5.57. The lowest BCUT2D eigenvalue weighted by Crippen LogP contribution is -2.14. The van der Waals surface area contributed by atoms with Crippen molar-refractivity contribution >= 4 is 17.8 Å². The highest BCUT2D eigenvalue weighted by molar-refractivity contribution is 5.99. The zero-order valence-corrected chi connectivity index (χ0v) is 16.0. The Labute approximate surface area is 162 Å². The van der Waals surface area contributed by atoms with Gasteiger partial charge in [0.25, 0.3) is 0 Å². The molecule has 0 saturated carbocycles. The largest absolute Gasteiger partial charge is 0.465 e. The van der Waals surface area contributed by atoms with Crippen molar-refractivity contribution in [2.24, 2.45) is 10.9 Å². The van der Waals surface area contributed by atoms with Crippen LogP contribution in [0.25, 0.3) is 0 Å². The molecule has 0 atom stereocenters. The zero-order chi connectivity index (χ0) is 21.3. The molecule has 0 aliphatic heterocycles. The van der Waals surface area contributed by atoms with Crippen LogP contribution in [-0.4, -0.2) is 37.2 Å². The van der Waals surface area contributed by atoms with Gasteiger partial charge in [0.05, 0.1) is 37.0 Å². The van der Waals surface area contributed by atoms with E-state index in [2.05, 4.69) is 14.6 Å². The number of ether oxygens (including phenoxy) is 2.